The Hall–Kier alpha value is -6.51. The molecular weight excluding hydrogens is 604 g/mol. The number of para-hydroxylation sites is 2. The fraction of sp³-hybridized carbons (Fsp3) is 0.0250. The number of nitrogens with zero attached hydrogens (tertiary/aromatic N) is 2. The first kappa shape index (κ1) is 28.9. The third-order valence-corrected chi connectivity index (χ3v) is 8.41. The molecule has 0 radical (unpaired) electrons. The van der Waals surface area contributed by atoms with Gasteiger partial charge >= 0.3 is 0 Å². The number of carbonyl (C=O) groups is 3. The highest BCUT2D eigenvalue weighted by Gasteiger charge is 2.38. The number of ether oxygens (including phenoxy) is 2. The van der Waals surface area contributed by atoms with Crippen LogP contribution in [0.2, 0.25) is 0 Å². The fourth-order valence-corrected chi connectivity index (χ4v) is 6.03. The van der Waals surface area contributed by atoms with E-state index in [4.69, 9.17) is 9.47 Å². The maximum absolute atomic E-state index is 13.5. The lowest BCUT2D eigenvalue weighted by molar-refractivity contribution is 0.0917. The molecule has 2 heterocycles. The molecule has 1 unspecified atom stereocenters. The maximum atomic E-state index is 13.5. The molecule has 0 fully saturated rings. The van der Waals surface area contributed by atoms with Gasteiger partial charge in [-0.25, -0.2) is 4.90 Å². The van der Waals surface area contributed by atoms with Crippen LogP contribution in [0.25, 0.3) is 11.1 Å². The quantitative estimate of drug-likeness (QED) is 0.178. The van der Waals surface area contributed by atoms with Crippen molar-refractivity contribution in [2.24, 2.45) is 0 Å². The summed E-state index contributed by atoms with van der Waals surface area (Å²) in [6.07, 6.45) is -1.21. The lowest BCUT2D eigenvalue weighted by Crippen LogP contribution is -2.29. The van der Waals surface area contributed by atoms with Crippen LogP contribution in [0, 0.1) is 0 Å². The number of imide groups is 1. The normalized spacial score (nSPS) is 15.0. The fourth-order valence-electron chi connectivity index (χ4n) is 6.03. The van der Waals surface area contributed by atoms with Gasteiger partial charge in [-0.3, -0.25) is 19.3 Å². The molecule has 2 aliphatic heterocycles. The summed E-state index contributed by atoms with van der Waals surface area (Å²) in [6.45, 7) is 0. The third-order valence-electron chi connectivity index (χ3n) is 8.41. The second-order valence-electron chi connectivity index (χ2n) is 11.4. The highest BCUT2D eigenvalue weighted by Crippen LogP contribution is 2.40. The molecule has 8 rings (SSSR count). The number of amides is 3. The molecule has 0 saturated carbocycles. The van der Waals surface area contributed by atoms with E-state index in [9.17, 15) is 19.5 Å². The number of hydrogen-bond donors (Lipinski definition) is 1. The summed E-state index contributed by atoms with van der Waals surface area (Å²) < 4.78 is 11.7. The number of benzene rings is 6. The molecule has 8 nitrogen and oxygen atoms in total. The molecule has 48 heavy (non-hydrogen) atoms. The first-order valence-electron chi connectivity index (χ1n) is 15.3. The highest BCUT2D eigenvalue weighted by atomic mass is 16.5. The van der Waals surface area contributed by atoms with Gasteiger partial charge in [0.25, 0.3) is 17.7 Å². The largest absolute Gasteiger partial charge is 0.457 e. The number of rotatable bonds is 7. The van der Waals surface area contributed by atoms with Crippen molar-refractivity contribution in [3.8, 4) is 34.1 Å². The van der Waals surface area contributed by atoms with Crippen molar-refractivity contribution in [3.05, 3.63) is 168 Å². The van der Waals surface area contributed by atoms with E-state index in [1.807, 2.05) is 60.7 Å². The van der Waals surface area contributed by atoms with Crippen molar-refractivity contribution in [2.45, 2.75) is 6.23 Å². The van der Waals surface area contributed by atoms with Gasteiger partial charge in [0, 0.05) is 16.8 Å². The zero-order chi connectivity index (χ0) is 32.8. The molecule has 6 aromatic rings. The van der Waals surface area contributed by atoms with Gasteiger partial charge in [0.15, 0.2) is 6.23 Å². The zero-order valence-corrected chi connectivity index (χ0v) is 25.3. The van der Waals surface area contributed by atoms with Crippen LogP contribution in [0.3, 0.4) is 0 Å². The van der Waals surface area contributed by atoms with Gasteiger partial charge in [0.2, 0.25) is 0 Å². The molecular formula is C40H26N2O6. The second kappa shape index (κ2) is 11.7. The van der Waals surface area contributed by atoms with Crippen LogP contribution >= 0.6 is 0 Å². The molecule has 1 N–H and O–H groups in total. The summed E-state index contributed by atoms with van der Waals surface area (Å²) in [6, 6.07) is 42.7. The smallest absolute Gasteiger partial charge is 0.266 e. The van der Waals surface area contributed by atoms with E-state index < -0.39 is 18.0 Å². The average molecular weight is 631 g/mol. The van der Waals surface area contributed by atoms with E-state index in [2.05, 4.69) is 0 Å². The Morgan fingerprint density at radius 3 is 1.52 bits per heavy atom. The molecule has 6 aromatic carbocycles. The first-order chi connectivity index (χ1) is 23.4. The molecule has 8 heteroatoms. The van der Waals surface area contributed by atoms with Crippen LogP contribution in [-0.4, -0.2) is 22.8 Å². The zero-order valence-electron chi connectivity index (χ0n) is 25.3. The van der Waals surface area contributed by atoms with Crippen molar-refractivity contribution >= 4 is 29.1 Å². The van der Waals surface area contributed by atoms with Crippen molar-refractivity contribution in [1.29, 1.82) is 0 Å². The summed E-state index contributed by atoms with van der Waals surface area (Å²) in [7, 11) is 0. The molecule has 232 valence electrons. The number of aliphatic hydroxyl groups excluding tert-OH is 1. The molecule has 0 saturated heterocycles. The van der Waals surface area contributed by atoms with E-state index >= 15 is 0 Å². The molecule has 0 aromatic heterocycles. The first-order valence-corrected chi connectivity index (χ1v) is 15.3. The number of anilines is 2. The lowest BCUT2D eigenvalue weighted by Gasteiger charge is -2.21. The van der Waals surface area contributed by atoms with Crippen LogP contribution < -0.4 is 19.3 Å². The van der Waals surface area contributed by atoms with Crippen molar-refractivity contribution in [3.63, 3.8) is 0 Å². The van der Waals surface area contributed by atoms with Crippen LogP contribution in [-0.2, 0) is 0 Å². The Bertz CT molecular complexity index is 2200. The Morgan fingerprint density at radius 2 is 0.938 bits per heavy atom. The summed E-state index contributed by atoms with van der Waals surface area (Å²) in [5.74, 6) is 1.37. The summed E-state index contributed by atoms with van der Waals surface area (Å²) in [4.78, 5) is 42.8. The van der Waals surface area contributed by atoms with Crippen molar-refractivity contribution < 1.29 is 29.0 Å². The van der Waals surface area contributed by atoms with Crippen LogP contribution in [0.15, 0.2) is 146 Å². The van der Waals surface area contributed by atoms with Gasteiger partial charge in [0.05, 0.1) is 16.8 Å². The van der Waals surface area contributed by atoms with Crippen molar-refractivity contribution in [2.75, 3.05) is 9.80 Å². The van der Waals surface area contributed by atoms with E-state index in [-0.39, 0.29) is 11.5 Å². The van der Waals surface area contributed by atoms with Gasteiger partial charge in [-0.15, -0.1) is 0 Å². The van der Waals surface area contributed by atoms with E-state index in [0.29, 0.717) is 62.2 Å². The van der Waals surface area contributed by atoms with Crippen LogP contribution in [0.4, 0.5) is 11.4 Å². The van der Waals surface area contributed by atoms with Gasteiger partial charge in [0.1, 0.15) is 23.0 Å². The SMILES string of the molecule is O=C1c2ccc(-c3ccc4c(c3)C(O)N(c3ccc(Oc5ccccc5)cc3)C4=O)cc2C(=O)N1c1ccc(Oc2ccccc2)cc1. The third kappa shape index (κ3) is 5.06. The number of hydrogen-bond acceptors (Lipinski definition) is 6. The van der Waals surface area contributed by atoms with Crippen molar-refractivity contribution in [1.82, 2.24) is 0 Å². The molecule has 1 atom stereocenters. The molecule has 0 bridgehead atoms. The predicted molar refractivity (Wildman–Crippen MR) is 181 cm³/mol. The van der Waals surface area contributed by atoms with E-state index in [1.165, 1.54) is 4.90 Å². The van der Waals surface area contributed by atoms with Crippen LogP contribution in [0.1, 0.15) is 42.9 Å². The summed E-state index contributed by atoms with van der Waals surface area (Å²) in [5.41, 5.74) is 3.73. The van der Waals surface area contributed by atoms with Crippen LogP contribution in [0.5, 0.6) is 23.0 Å². The minimum absolute atomic E-state index is 0.277. The molecule has 0 spiro atoms. The van der Waals surface area contributed by atoms with E-state index in [0.717, 1.165) is 4.90 Å². The Balaban J connectivity index is 1.01. The molecule has 2 aliphatic rings. The monoisotopic (exact) mass is 630 g/mol. The van der Waals surface area contributed by atoms with Gasteiger partial charge < -0.3 is 14.6 Å². The summed E-state index contributed by atoms with van der Waals surface area (Å²) >= 11 is 0. The molecule has 0 aliphatic carbocycles. The van der Waals surface area contributed by atoms with E-state index in [1.54, 1.807) is 84.9 Å². The van der Waals surface area contributed by atoms with Gasteiger partial charge in [-0.2, -0.15) is 0 Å². The Labute approximate surface area is 275 Å². The predicted octanol–water partition coefficient (Wildman–Crippen LogP) is 8.39. The maximum Gasteiger partial charge on any atom is 0.266 e. The number of aliphatic hydroxyl groups is 1. The number of fused-ring (bicyclic) bond motifs is 2. The minimum atomic E-state index is -1.21. The lowest BCUT2D eigenvalue weighted by atomic mass is 9.97. The Morgan fingerprint density at radius 1 is 0.458 bits per heavy atom. The molecule has 3 amide bonds. The Kier molecular flexibility index (Phi) is 7.05. The van der Waals surface area contributed by atoms with Gasteiger partial charge in [-0.1, -0.05) is 48.5 Å². The minimum Gasteiger partial charge on any atom is -0.457 e. The second-order valence-corrected chi connectivity index (χ2v) is 11.4. The average Bonchev–Trinajstić information content (AvgIpc) is 3.53. The number of carbonyl (C=O) groups excluding carboxylic acids is 3. The summed E-state index contributed by atoms with van der Waals surface area (Å²) in [5, 5.41) is 11.3. The highest BCUT2D eigenvalue weighted by molar-refractivity contribution is 6.34. The standard InChI is InChI=1S/C40H26N2O6/c43-37-33-21-11-25(23-35(33)39(45)41(37)27-13-17-31(18-14-27)47-29-7-3-1-4-8-29)26-12-22-34-36(24-26)40(46)42(38(34)44)28-15-19-32(20-16-28)48-30-9-5-2-6-10-30/h1-24,39,45H. The topological polar surface area (TPSA) is 96.4 Å². The van der Waals surface area contributed by atoms with Gasteiger partial charge in [-0.05, 0) is 108 Å².